The van der Waals surface area contributed by atoms with Crippen LogP contribution in [0.1, 0.15) is 20.3 Å². The number of nitrogens with zero attached hydrogens (tertiary/aromatic N) is 1. The fraction of sp³-hybridized carbons (Fsp3) is 0.263. The fourth-order valence-electron chi connectivity index (χ4n) is 2.47. The number of nitrogens with one attached hydrogen (secondary N) is 2. The largest absolute Gasteiger partial charge is 0.372 e. The third-order valence-electron chi connectivity index (χ3n) is 3.80. The molecule has 0 aliphatic heterocycles. The lowest BCUT2D eigenvalue weighted by molar-refractivity contribution is -0.123. The molecule has 138 valence electrons. The van der Waals surface area contributed by atoms with Gasteiger partial charge in [-0.25, -0.2) is 8.78 Å². The Bertz CT molecular complexity index is 775. The van der Waals surface area contributed by atoms with E-state index in [0.717, 1.165) is 30.9 Å². The lowest BCUT2D eigenvalue weighted by Gasteiger charge is -2.21. The topological polar surface area (TPSA) is 61.4 Å². The molecule has 26 heavy (non-hydrogen) atoms. The van der Waals surface area contributed by atoms with Gasteiger partial charge in [0, 0.05) is 36.2 Å². The third-order valence-corrected chi connectivity index (χ3v) is 3.80. The molecule has 0 atom stereocenters. The molecule has 2 aromatic rings. The summed E-state index contributed by atoms with van der Waals surface area (Å²) in [5.74, 6) is -3.19. The van der Waals surface area contributed by atoms with Crippen molar-refractivity contribution in [2.45, 2.75) is 20.3 Å². The summed E-state index contributed by atoms with van der Waals surface area (Å²) in [6.45, 7) is 5.88. The molecule has 2 rings (SSSR count). The Labute approximate surface area is 151 Å². The summed E-state index contributed by atoms with van der Waals surface area (Å²) in [7, 11) is 0. The monoisotopic (exact) mass is 361 g/mol. The van der Waals surface area contributed by atoms with E-state index in [2.05, 4.69) is 29.4 Å². The van der Waals surface area contributed by atoms with Crippen molar-refractivity contribution in [2.75, 3.05) is 28.6 Å². The molecule has 5 nitrogen and oxygen atoms in total. The van der Waals surface area contributed by atoms with Gasteiger partial charge in [0.25, 0.3) is 0 Å². The van der Waals surface area contributed by atoms with E-state index in [-0.39, 0.29) is 5.69 Å². The number of hydrogen-bond donors (Lipinski definition) is 2. The van der Waals surface area contributed by atoms with E-state index in [9.17, 15) is 18.4 Å². The molecule has 0 aliphatic carbocycles. The number of rotatable bonds is 7. The molecule has 0 spiro atoms. The van der Waals surface area contributed by atoms with Crippen LogP contribution in [0.2, 0.25) is 0 Å². The highest BCUT2D eigenvalue weighted by atomic mass is 19.2. The second-order valence-corrected chi connectivity index (χ2v) is 5.62. The van der Waals surface area contributed by atoms with Gasteiger partial charge in [0.05, 0.1) is 0 Å². The van der Waals surface area contributed by atoms with Gasteiger partial charge >= 0.3 is 0 Å². The number of carbonyl (C=O) groups is 2. The minimum Gasteiger partial charge on any atom is -0.372 e. The van der Waals surface area contributed by atoms with Crippen molar-refractivity contribution in [3.8, 4) is 0 Å². The lowest BCUT2D eigenvalue weighted by atomic mass is 10.2. The first-order valence-corrected chi connectivity index (χ1v) is 8.32. The summed E-state index contributed by atoms with van der Waals surface area (Å²) in [6.07, 6.45) is -0.434. The van der Waals surface area contributed by atoms with Gasteiger partial charge in [-0.15, -0.1) is 0 Å². The van der Waals surface area contributed by atoms with E-state index in [0.29, 0.717) is 5.69 Å². The zero-order chi connectivity index (χ0) is 19.1. The molecule has 0 saturated carbocycles. The molecule has 7 heteroatoms. The van der Waals surface area contributed by atoms with Crippen molar-refractivity contribution in [1.82, 2.24) is 0 Å². The average molecular weight is 361 g/mol. The molecule has 0 saturated heterocycles. The molecule has 0 aromatic heterocycles. The molecule has 2 aromatic carbocycles. The zero-order valence-corrected chi connectivity index (χ0v) is 14.7. The predicted octanol–water partition coefficient (Wildman–Crippen LogP) is 3.78. The van der Waals surface area contributed by atoms with E-state index >= 15 is 0 Å². The van der Waals surface area contributed by atoms with E-state index in [4.69, 9.17) is 0 Å². The van der Waals surface area contributed by atoms with Crippen molar-refractivity contribution in [3.63, 3.8) is 0 Å². The predicted molar refractivity (Wildman–Crippen MR) is 98.2 cm³/mol. The molecule has 0 bridgehead atoms. The fourth-order valence-corrected chi connectivity index (χ4v) is 2.47. The van der Waals surface area contributed by atoms with Crippen LogP contribution in [-0.4, -0.2) is 24.9 Å². The third kappa shape index (κ3) is 5.27. The first-order valence-electron chi connectivity index (χ1n) is 8.32. The summed E-state index contributed by atoms with van der Waals surface area (Å²) < 4.78 is 26.0. The van der Waals surface area contributed by atoms with Crippen LogP contribution in [0, 0.1) is 11.6 Å². The molecule has 0 aliphatic rings. The Balaban J connectivity index is 1.89. The van der Waals surface area contributed by atoms with Gasteiger partial charge in [0.15, 0.2) is 11.6 Å². The van der Waals surface area contributed by atoms with E-state index < -0.39 is 29.9 Å². The van der Waals surface area contributed by atoms with E-state index in [1.54, 1.807) is 12.1 Å². The second kappa shape index (κ2) is 8.94. The highest BCUT2D eigenvalue weighted by Gasteiger charge is 2.12. The Kier molecular flexibility index (Phi) is 6.66. The van der Waals surface area contributed by atoms with Gasteiger partial charge in [-0.05, 0) is 50.2 Å². The van der Waals surface area contributed by atoms with Crippen molar-refractivity contribution < 1.29 is 18.4 Å². The standard InChI is InChI=1S/C19H21F2N3O2/c1-3-24(4-2)15-8-5-13(6-9-15)22-18(25)12-19(26)23-14-7-10-16(20)17(21)11-14/h5-11H,3-4,12H2,1-2H3,(H,22,25)(H,23,26). The van der Waals surface area contributed by atoms with Crippen molar-refractivity contribution in [3.05, 3.63) is 54.1 Å². The van der Waals surface area contributed by atoms with Crippen molar-refractivity contribution in [2.24, 2.45) is 0 Å². The SMILES string of the molecule is CCN(CC)c1ccc(NC(=O)CC(=O)Nc2ccc(F)c(F)c2)cc1. The number of amides is 2. The van der Waals surface area contributed by atoms with Crippen molar-refractivity contribution in [1.29, 1.82) is 0 Å². The van der Waals surface area contributed by atoms with Gasteiger partial charge in [-0.2, -0.15) is 0 Å². The molecule has 0 unspecified atom stereocenters. The van der Waals surface area contributed by atoms with Crippen LogP contribution in [0.3, 0.4) is 0 Å². The molecule has 0 radical (unpaired) electrons. The number of hydrogen-bond acceptors (Lipinski definition) is 3. The van der Waals surface area contributed by atoms with Crippen LogP contribution in [0.15, 0.2) is 42.5 Å². The maximum absolute atomic E-state index is 13.1. The zero-order valence-electron chi connectivity index (χ0n) is 14.7. The first-order chi connectivity index (χ1) is 12.4. The minimum atomic E-state index is -1.07. The summed E-state index contributed by atoms with van der Waals surface area (Å²) in [4.78, 5) is 26.0. The number of benzene rings is 2. The van der Waals surface area contributed by atoms with Crippen LogP contribution in [0.5, 0.6) is 0 Å². The van der Waals surface area contributed by atoms with Crippen LogP contribution >= 0.6 is 0 Å². The van der Waals surface area contributed by atoms with Gasteiger partial charge in [0.1, 0.15) is 6.42 Å². The molecular weight excluding hydrogens is 340 g/mol. The molecule has 2 N–H and O–H groups in total. The normalized spacial score (nSPS) is 10.3. The Hall–Kier alpha value is -2.96. The minimum absolute atomic E-state index is 0.0882. The number of carbonyl (C=O) groups excluding carboxylic acids is 2. The highest BCUT2D eigenvalue weighted by Crippen LogP contribution is 2.18. The number of halogens is 2. The van der Waals surface area contributed by atoms with Crippen LogP contribution < -0.4 is 15.5 Å². The maximum Gasteiger partial charge on any atom is 0.233 e. The van der Waals surface area contributed by atoms with Crippen LogP contribution in [0.25, 0.3) is 0 Å². The Morgan fingerprint density at radius 2 is 1.38 bits per heavy atom. The van der Waals surface area contributed by atoms with Gasteiger partial charge < -0.3 is 15.5 Å². The van der Waals surface area contributed by atoms with Gasteiger partial charge in [0.2, 0.25) is 11.8 Å². The number of anilines is 3. The molecule has 0 heterocycles. The smallest absolute Gasteiger partial charge is 0.233 e. The maximum atomic E-state index is 13.1. The van der Waals surface area contributed by atoms with Crippen LogP contribution in [0.4, 0.5) is 25.8 Å². The first kappa shape index (κ1) is 19.4. The lowest BCUT2D eigenvalue weighted by Crippen LogP contribution is -2.22. The molecular formula is C19H21F2N3O2. The van der Waals surface area contributed by atoms with Crippen LogP contribution in [-0.2, 0) is 9.59 Å². The summed E-state index contributed by atoms with van der Waals surface area (Å²) >= 11 is 0. The van der Waals surface area contributed by atoms with E-state index in [1.807, 2.05) is 12.1 Å². The quantitative estimate of drug-likeness (QED) is 0.738. The highest BCUT2D eigenvalue weighted by molar-refractivity contribution is 6.08. The molecule has 2 amide bonds. The van der Waals surface area contributed by atoms with Crippen molar-refractivity contribution >= 4 is 28.9 Å². The summed E-state index contributed by atoms with van der Waals surface area (Å²) in [5.41, 5.74) is 1.71. The Morgan fingerprint density at radius 3 is 1.92 bits per heavy atom. The van der Waals surface area contributed by atoms with Gasteiger partial charge in [-0.1, -0.05) is 0 Å². The summed E-state index contributed by atoms with van der Waals surface area (Å²) in [5, 5.41) is 4.98. The Morgan fingerprint density at radius 1 is 0.846 bits per heavy atom. The average Bonchev–Trinajstić information content (AvgIpc) is 2.60. The van der Waals surface area contributed by atoms with Gasteiger partial charge in [-0.3, -0.25) is 9.59 Å². The molecule has 0 fully saturated rings. The van der Waals surface area contributed by atoms with E-state index in [1.165, 1.54) is 6.07 Å². The summed E-state index contributed by atoms with van der Waals surface area (Å²) in [6, 6.07) is 10.3. The second-order valence-electron chi connectivity index (χ2n) is 5.62.